The number of rotatable bonds is 5. The molecule has 1 aromatic carbocycles. The molecule has 0 atom stereocenters. The van der Waals surface area contributed by atoms with E-state index >= 15 is 0 Å². The molecule has 0 bridgehead atoms. The van der Waals surface area contributed by atoms with Gasteiger partial charge in [0.25, 0.3) is 5.91 Å². The molecule has 1 N–H and O–H groups in total. The molecule has 0 spiro atoms. The smallest absolute Gasteiger partial charge is 0.253 e. The van der Waals surface area contributed by atoms with Crippen molar-refractivity contribution in [2.45, 2.75) is 19.4 Å². The molecular weight excluding hydrogens is 338 g/mol. The highest BCUT2D eigenvalue weighted by atomic mass is 35.5. The van der Waals surface area contributed by atoms with Crippen LogP contribution in [0, 0.1) is 5.92 Å². The Labute approximate surface area is 149 Å². The van der Waals surface area contributed by atoms with Crippen molar-refractivity contribution in [3.05, 3.63) is 59.4 Å². The average molecular weight is 354 g/mol. The third-order valence-electron chi connectivity index (χ3n) is 4.03. The number of carbonyl (C=O) groups is 1. The molecule has 0 saturated heterocycles. The van der Waals surface area contributed by atoms with Gasteiger partial charge in [-0.2, -0.15) is 9.67 Å². The van der Waals surface area contributed by atoms with Gasteiger partial charge in [0.1, 0.15) is 0 Å². The number of halogens is 1. The Morgan fingerprint density at radius 2 is 2.04 bits per heavy atom. The van der Waals surface area contributed by atoms with Crippen LogP contribution in [0.2, 0.25) is 5.02 Å². The molecule has 1 saturated carbocycles. The zero-order valence-corrected chi connectivity index (χ0v) is 14.1. The Bertz CT molecular complexity index is 888. The summed E-state index contributed by atoms with van der Waals surface area (Å²) in [5, 5.41) is 8.30. The summed E-state index contributed by atoms with van der Waals surface area (Å²) < 4.78 is 1.38. The maximum atomic E-state index is 12.5. The van der Waals surface area contributed by atoms with Gasteiger partial charge in [-0.25, -0.2) is 0 Å². The van der Waals surface area contributed by atoms with Gasteiger partial charge in [-0.3, -0.25) is 9.78 Å². The van der Waals surface area contributed by atoms with Gasteiger partial charge < -0.3 is 5.32 Å². The normalized spacial score (nSPS) is 13.6. The van der Waals surface area contributed by atoms with Crippen molar-refractivity contribution in [3.8, 4) is 11.4 Å². The molecule has 2 heterocycles. The number of pyridine rings is 1. The second-order valence-electron chi connectivity index (χ2n) is 6.01. The van der Waals surface area contributed by atoms with E-state index < -0.39 is 0 Å². The SMILES string of the molecule is O=C(C1CC1)n1nc(-c2cccnc2)nc1NCc1ccc(Cl)cc1. The fraction of sp³-hybridized carbons (Fsp3) is 0.222. The van der Waals surface area contributed by atoms with Crippen LogP contribution in [0.5, 0.6) is 0 Å². The van der Waals surface area contributed by atoms with Gasteiger partial charge in [0.05, 0.1) is 0 Å². The predicted molar refractivity (Wildman–Crippen MR) is 95.4 cm³/mol. The monoisotopic (exact) mass is 353 g/mol. The molecule has 3 aromatic rings. The average Bonchev–Trinajstić information content (AvgIpc) is 3.41. The molecule has 7 heteroatoms. The zero-order valence-electron chi connectivity index (χ0n) is 13.4. The molecule has 126 valence electrons. The molecule has 0 unspecified atom stereocenters. The number of carbonyl (C=O) groups excluding carboxylic acids is 1. The summed E-state index contributed by atoms with van der Waals surface area (Å²) >= 11 is 5.91. The van der Waals surface area contributed by atoms with Gasteiger partial charge in [0.2, 0.25) is 5.95 Å². The van der Waals surface area contributed by atoms with E-state index in [0.29, 0.717) is 23.3 Å². The summed E-state index contributed by atoms with van der Waals surface area (Å²) in [7, 11) is 0. The summed E-state index contributed by atoms with van der Waals surface area (Å²) in [6, 6.07) is 11.2. The number of nitrogens with one attached hydrogen (secondary N) is 1. The lowest BCUT2D eigenvalue weighted by Gasteiger charge is -2.06. The van der Waals surface area contributed by atoms with Crippen LogP contribution in [-0.2, 0) is 6.54 Å². The maximum absolute atomic E-state index is 12.5. The number of aromatic nitrogens is 4. The minimum Gasteiger partial charge on any atom is -0.350 e. The minimum absolute atomic E-state index is 0.0127. The summed E-state index contributed by atoms with van der Waals surface area (Å²) in [5.74, 6) is 0.979. The third kappa shape index (κ3) is 3.53. The van der Waals surface area contributed by atoms with E-state index in [4.69, 9.17) is 11.6 Å². The van der Waals surface area contributed by atoms with Crippen molar-refractivity contribution in [1.82, 2.24) is 19.7 Å². The van der Waals surface area contributed by atoms with Crippen LogP contribution in [0.3, 0.4) is 0 Å². The highest BCUT2D eigenvalue weighted by Gasteiger charge is 2.33. The highest BCUT2D eigenvalue weighted by molar-refractivity contribution is 6.30. The molecule has 0 aliphatic heterocycles. The van der Waals surface area contributed by atoms with E-state index in [9.17, 15) is 4.79 Å². The first-order valence-electron chi connectivity index (χ1n) is 8.11. The topological polar surface area (TPSA) is 72.7 Å². The molecule has 4 rings (SSSR count). The Balaban J connectivity index is 1.61. The van der Waals surface area contributed by atoms with Crippen molar-refractivity contribution in [3.63, 3.8) is 0 Å². The second kappa shape index (κ2) is 6.64. The van der Waals surface area contributed by atoms with Crippen LogP contribution < -0.4 is 5.32 Å². The number of hydrogen-bond donors (Lipinski definition) is 1. The Kier molecular flexibility index (Phi) is 4.19. The van der Waals surface area contributed by atoms with Crippen LogP contribution in [-0.4, -0.2) is 25.7 Å². The Morgan fingerprint density at radius 1 is 1.24 bits per heavy atom. The van der Waals surface area contributed by atoms with E-state index in [1.165, 1.54) is 4.68 Å². The molecule has 0 radical (unpaired) electrons. The zero-order chi connectivity index (χ0) is 17.2. The van der Waals surface area contributed by atoms with Crippen molar-refractivity contribution in [2.75, 3.05) is 5.32 Å². The lowest BCUT2D eigenvalue weighted by Crippen LogP contribution is -2.18. The summed E-state index contributed by atoms with van der Waals surface area (Å²) in [6.45, 7) is 0.528. The predicted octanol–water partition coefficient (Wildman–Crippen LogP) is 3.66. The van der Waals surface area contributed by atoms with Crippen LogP contribution in [0.15, 0.2) is 48.8 Å². The molecule has 1 fully saturated rings. The third-order valence-corrected chi connectivity index (χ3v) is 4.28. The van der Waals surface area contributed by atoms with Crippen LogP contribution in [0.1, 0.15) is 23.2 Å². The van der Waals surface area contributed by atoms with E-state index in [1.54, 1.807) is 12.4 Å². The van der Waals surface area contributed by atoms with Crippen molar-refractivity contribution in [1.29, 1.82) is 0 Å². The van der Waals surface area contributed by atoms with E-state index in [1.807, 2.05) is 36.4 Å². The van der Waals surface area contributed by atoms with Gasteiger partial charge in [-0.15, -0.1) is 5.10 Å². The van der Waals surface area contributed by atoms with Gasteiger partial charge in [-0.1, -0.05) is 23.7 Å². The number of nitrogens with zero attached hydrogens (tertiary/aromatic N) is 4. The van der Waals surface area contributed by atoms with Crippen LogP contribution in [0.4, 0.5) is 5.95 Å². The largest absolute Gasteiger partial charge is 0.350 e. The summed E-state index contributed by atoms with van der Waals surface area (Å²) in [6.07, 6.45) is 5.20. The van der Waals surface area contributed by atoms with Gasteiger partial charge >= 0.3 is 0 Å². The molecule has 2 aromatic heterocycles. The number of benzene rings is 1. The lowest BCUT2D eigenvalue weighted by atomic mass is 10.2. The Morgan fingerprint density at radius 3 is 2.72 bits per heavy atom. The molecule has 1 aliphatic carbocycles. The maximum Gasteiger partial charge on any atom is 0.253 e. The molecule has 25 heavy (non-hydrogen) atoms. The van der Waals surface area contributed by atoms with Gasteiger partial charge in [0.15, 0.2) is 5.82 Å². The van der Waals surface area contributed by atoms with Gasteiger partial charge in [0, 0.05) is 35.4 Å². The van der Waals surface area contributed by atoms with E-state index in [2.05, 4.69) is 20.4 Å². The van der Waals surface area contributed by atoms with Crippen molar-refractivity contribution >= 4 is 23.5 Å². The van der Waals surface area contributed by atoms with Gasteiger partial charge in [-0.05, 0) is 42.7 Å². The van der Waals surface area contributed by atoms with E-state index in [-0.39, 0.29) is 11.8 Å². The van der Waals surface area contributed by atoms with Crippen LogP contribution >= 0.6 is 11.6 Å². The summed E-state index contributed by atoms with van der Waals surface area (Å²) in [4.78, 5) is 21.1. The summed E-state index contributed by atoms with van der Waals surface area (Å²) in [5.41, 5.74) is 1.82. The lowest BCUT2D eigenvalue weighted by molar-refractivity contribution is 0.0872. The first-order chi connectivity index (χ1) is 12.2. The number of hydrogen-bond acceptors (Lipinski definition) is 5. The highest BCUT2D eigenvalue weighted by Crippen LogP contribution is 2.31. The fourth-order valence-electron chi connectivity index (χ4n) is 2.48. The van der Waals surface area contributed by atoms with E-state index in [0.717, 1.165) is 24.0 Å². The number of anilines is 1. The molecular formula is C18H16ClN5O. The van der Waals surface area contributed by atoms with Crippen LogP contribution in [0.25, 0.3) is 11.4 Å². The molecule has 6 nitrogen and oxygen atoms in total. The quantitative estimate of drug-likeness (QED) is 0.757. The minimum atomic E-state index is -0.0127. The molecule has 0 amide bonds. The standard InChI is InChI=1S/C18H16ClN5O/c19-15-7-3-12(4-8-15)10-21-18-22-16(14-2-1-9-20-11-14)23-24(18)17(25)13-5-6-13/h1-4,7-9,11,13H,5-6,10H2,(H,21,22,23). The second-order valence-corrected chi connectivity index (χ2v) is 6.44. The fourth-order valence-corrected chi connectivity index (χ4v) is 2.61. The van der Waals surface area contributed by atoms with Crippen molar-refractivity contribution < 1.29 is 4.79 Å². The van der Waals surface area contributed by atoms with Crippen molar-refractivity contribution in [2.24, 2.45) is 5.92 Å². The Hall–Kier alpha value is -2.73. The first kappa shape index (κ1) is 15.8. The first-order valence-corrected chi connectivity index (χ1v) is 8.48. The molecule has 1 aliphatic rings.